The standard InChI is InChI=1S/C16H17BrO/c1-11-4-5-12(2)15(10-11)16(17)13-6-8-14(18-3)9-7-13/h4-10,16H,1-3H3. The van der Waals surface area contributed by atoms with Gasteiger partial charge in [0.15, 0.2) is 0 Å². The Bertz CT molecular complexity index is 531. The van der Waals surface area contributed by atoms with Crippen molar-refractivity contribution >= 4 is 15.9 Å². The number of halogens is 1. The normalized spacial score (nSPS) is 12.2. The number of hydrogen-bond donors (Lipinski definition) is 0. The Balaban J connectivity index is 2.34. The van der Waals surface area contributed by atoms with E-state index in [9.17, 15) is 0 Å². The summed E-state index contributed by atoms with van der Waals surface area (Å²) < 4.78 is 5.18. The SMILES string of the molecule is COc1ccc(C(Br)c2cc(C)ccc2C)cc1. The van der Waals surface area contributed by atoms with Gasteiger partial charge in [-0.3, -0.25) is 0 Å². The van der Waals surface area contributed by atoms with Crippen molar-refractivity contribution in [3.05, 3.63) is 64.7 Å². The van der Waals surface area contributed by atoms with Gasteiger partial charge in [0.2, 0.25) is 0 Å². The van der Waals surface area contributed by atoms with Gasteiger partial charge in [0.25, 0.3) is 0 Å². The summed E-state index contributed by atoms with van der Waals surface area (Å²) in [5.41, 5.74) is 5.15. The average molecular weight is 305 g/mol. The summed E-state index contributed by atoms with van der Waals surface area (Å²) in [5, 5.41) is 0. The minimum atomic E-state index is 0.225. The highest BCUT2D eigenvalue weighted by Crippen LogP contribution is 2.33. The molecule has 0 bridgehead atoms. The summed E-state index contributed by atoms with van der Waals surface area (Å²) in [4.78, 5) is 0.225. The number of benzene rings is 2. The molecule has 0 spiro atoms. The largest absolute Gasteiger partial charge is 0.497 e. The lowest BCUT2D eigenvalue weighted by Crippen LogP contribution is -1.96. The second-order valence-electron chi connectivity index (χ2n) is 4.50. The minimum absolute atomic E-state index is 0.225. The van der Waals surface area contributed by atoms with Crippen LogP contribution in [0, 0.1) is 13.8 Å². The molecular weight excluding hydrogens is 288 g/mol. The summed E-state index contributed by atoms with van der Waals surface area (Å²) >= 11 is 3.78. The maximum absolute atomic E-state index is 5.18. The van der Waals surface area contributed by atoms with Gasteiger partial charge in [-0.15, -0.1) is 0 Å². The van der Waals surface area contributed by atoms with Crippen LogP contribution in [0.2, 0.25) is 0 Å². The highest BCUT2D eigenvalue weighted by molar-refractivity contribution is 9.09. The first kappa shape index (κ1) is 13.2. The van der Waals surface area contributed by atoms with E-state index in [1.165, 1.54) is 22.3 Å². The lowest BCUT2D eigenvalue weighted by Gasteiger charge is -2.15. The lowest BCUT2D eigenvalue weighted by atomic mass is 9.98. The second-order valence-corrected chi connectivity index (χ2v) is 5.41. The molecule has 18 heavy (non-hydrogen) atoms. The molecule has 1 nitrogen and oxygen atoms in total. The molecule has 1 unspecified atom stereocenters. The molecule has 0 amide bonds. The van der Waals surface area contributed by atoms with E-state index in [1.807, 2.05) is 12.1 Å². The van der Waals surface area contributed by atoms with Crippen molar-refractivity contribution in [2.24, 2.45) is 0 Å². The average Bonchev–Trinajstić information content (AvgIpc) is 2.41. The molecule has 1 atom stereocenters. The van der Waals surface area contributed by atoms with Crippen LogP contribution in [-0.2, 0) is 0 Å². The molecule has 2 aromatic rings. The van der Waals surface area contributed by atoms with Crippen LogP contribution in [0.4, 0.5) is 0 Å². The fourth-order valence-electron chi connectivity index (χ4n) is 1.99. The zero-order valence-electron chi connectivity index (χ0n) is 10.9. The van der Waals surface area contributed by atoms with Crippen molar-refractivity contribution in [2.75, 3.05) is 7.11 Å². The van der Waals surface area contributed by atoms with E-state index in [0.29, 0.717) is 0 Å². The topological polar surface area (TPSA) is 9.23 Å². The van der Waals surface area contributed by atoms with Crippen LogP contribution in [0.25, 0.3) is 0 Å². The number of hydrogen-bond acceptors (Lipinski definition) is 1. The van der Waals surface area contributed by atoms with Crippen LogP contribution in [0.3, 0.4) is 0 Å². The zero-order valence-corrected chi connectivity index (χ0v) is 12.5. The number of methoxy groups -OCH3 is 1. The second kappa shape index (κ2) is 5.57. The van der Waals surface area contributed by atoms with Gasteiger partial charge in [-0.25, -0.2) is 0 Å². The monoisotopic (exact) mass is 304 g/mol. The number of rotatable bonds is 3. The van der Waals surface area contributed by atoms with Crippen molar-refractivity contribution in [2.45, 2.75) is 18.7 Å². The van der Waals surface area contributed by atoms with Crippen molar-refractivity contribution in [3.8, 4) is 5.75 Å². The first-order valence-corrected chi connectivity index (χ1v) is 6.88. The highest BCUT2D eigenvalue weighted by Gasteiger charge is 2.12. The summed E-state index contributed by atoms with van der Waals surface area (Å²) in [6, 6.07) is 14.7. The first-order valence-electron chi connectivity index (χ1n) is 5.97. The lowest BCUT2D eigenvalue weighted by molar-refractivity contribution is 0.414. The Morgan fingerprint density at radius 3 is 2.28 bits per heavy atom. The zero-order chi connectivity index (χ0) is 13.1. The van der Waals surface area contributed by atoms with E-state index in [-0.39, 0.29) is 4.83 Å². The number of aryl methyl sites for hydroxylation is 2. The third-order valence-corrected chi connectivity index (χ3v) is 4.14. The fraction of sp³-hybridized carbons (Fsp3) is 0.250. The molecule has 0 radical (unpaired) electrons. The van der Waals surface area contributed by atoms with E-state index in [0.717, 1.165) is 5.75 Å². The quantitative estimate of drug-likeness (QED) is 0.740. The van der Waals surface area contributed by atoms with Crippen LogP contribution in [0.1, 0.15) is 27.1 Å². The number of ether oxygens (including phenoxy) is 1. The van der Waals surface area contributed by atoms with Gasteiger partial charge in [-0.2, -0.15) is 0 Å². The molecule has 0 fully saturated rings. The summed E-state index contributed by atoms with van der Waals surface area (Å²) in [6.07, 6.45) is 0. The first-order chi connectivity index (χ1) is 8.61. The maximum atomic E-state index is 5.18. The van der Waals surface area contributed by atoms with Crippen LogP contribution >= 0.6 is 15.9 Å². The Labute approximate surface area is 117 Å². The van der Waals surface area contributed by atoms with E-state index >= 15 is 0 Å². The van der Waals surface area contributed by atoms with Crippen molar-refractivity contribution in [1.29, 1.82) is 0 Å². The minimum Gasteiger partial charge on any atom is -0.497 e. The Morgan fingerprint density at radius 2 is 1.67 bits per heavy atom. The molecule has 2 aromatic carbocycles. The highest BCUT2D eigenvalue weighted by atomic mass is 79.9. The molecule has 0 aliphatic heterocycles. The van der Waals surface area contributed by atoms with E-state index in [2.05, 4.69) is 60.1 Å². The van der Waals surface area contributed by atoms with Gasteiger partial charge < -0.3 is 4.74 Å². The van der Waals surface area contributed by atoms with Gasteiger partial charge in [-0.05, 0) is 42.7 Å². The Hall–Kier alpha value is -1.28. The molecule has 0 heterocycles. The summed E-state index contributed by atoms with van der Waals surface area (Å²) in [6.45, 7) is 4.27. The third-order valence-electron chi connectivity index (χ3n) is 3.12. The van der Waals surface area contributed by atoms with Crippen LogP contribution in [0.15, 0.2) is 42.5 Å². The summed E-state index contributed by atoms with van der Waals surface area (Å²) in [7, 11) is 1.69. The molecule has 2 rings (SSSR count). The molecule has 2 heteroatoms. The Kier molecular flexibility index (Phi) is 4.07. The molecule has 0 aliphatic rings. The smallest absolute Gasteiger partial charge is 0.118 e. The third kappa shape index (κ3) is 2.75. The molecular formula is C16H17BrO. The molecule has 0 N–H and O–H groups in total. The van der Waals surface area contributed by atoms with Crippen molar-refractivity contribution in [3.63, 3.8) is 0 Å². The predicted molar refractivity (Wildman–Crippen MR) is 79.7 cm³/mol. The van der Waals surface area contributed by atoms with Gasteiger partial charge in [0, 0.05) is 0 Å². The van der Waals surface area contributed by atoms with Crippen LogP contribution in [-0.4, -0.2) is 7.11 Å². The molecule has 0 aromatic heterocycles. The maximum Gasteiger partial charge on any atom is 0.118 e. The van der Waals surface area contributed by atoms with Gasteiger partial charge in [-0.1, -0.05) is 51.8 Å². The van der Waals surface area contributed by atoms with Crippen molar-refractivity contribution < 1.29 is 4.74 Å². The van der Waals surface area contributed by atoms with Crippen LogP contribution < -0.4 is 4.74 Å². The fourth-order valence-corrected chi connectivity index (χ4v) is 2.78. The molecule has 0 saturated carbocycles. The van der Waals surface area contributed by atoms with E-state index < -0.39 is 0 Å². The molecule has 0 saturated heterocycles. The van der Waals surface area contributed by atoms with Crippen LogP contribution in [0.5, 0.6) is 5.75 Å². The predicted octanol–water partition coefficient (Wildman–Crippen LogP) is 4.80. The van der Waals surface area contributed by atoms with Gasteiger partial charge >= 0.3 is 0 Å². The van der Waals surface area contributed by atoms with Crippen molar-refractivity contribution in [1.82, 2.24) is 0 Å². The number of alkyl halides is 1. The van der Waals surface area contributed by atoms with E-state index in [1.54, 1.807) is 7.11 Å². The summed E-state index contributed by atoms with van der Waals surface area (Å²) in [5.74, 6) is 0.888. The molecule has 94 valence electrons. The van der Waals surface area contributed by atoms with Gasteiger partial charge in [0.1, 0.15) is 5.75 Å². The Morgan fingerprint density at radius 1 is 1.00 bits per heavy atom. The molecule has 0 aliphatic carbocycles. The van der Waals surface area contributed by atoms with E-state index in [4.69, 9.17) is 4.74 Å². The van der Waals surface area contributed by atoms with Gasteiger partial charge in [0.05, 0.1) is 11.9 Å².